The van der Waals surface area contributed by atoms with Gasteiger partial charge in [-0.1, -0.05) is 58.0 Å². The molecular weight excluding hydrogens is 1030 g/mol. The molecule has 2 fully saturated rings. The molecule has 0 aliphatic carbocycles. The molecule has 0 radical (unpaired) electrons. The van der Waals surface area contributed by atoms with Gasteiger partial charge in [0.2, 0.25) is 11.2 Å². The van der Waals surface area contributed by atoms with Crippen molar-refractivity contribution in [2.24, 2.45) is 0 Å². The van der Waals surface area contributed by atoms with Crippen LogP contribution in [0.25, 0.3) is 55.4 Å². The number of benzene rings is 4. The number of nitrogens with zero attached hydrogens (tertiary/aromatic N) is 10. The Kier molecular flexibility index (Phi) is 15.8. The van der Waals surface area contributed by atoms with Gasteiger partial charge in [-0.2, -0.15) is 20.4 Å². The van der Waals surface area contributed by atoms with Crippen LogP contribution in [0.5, 0.6) is 0 Å². The summed E-state index contributed by atoms with van der Waals surface area (Å²) in [6, 6.07) is 26.3. The van der Waals surface area contributed by atoms with Crippen LogP contribution in [0.3, 0.4) is 0 Å². The number of hydrogen-bond acceptors (Lipinski definition) is 14. The quantitative estimate of drug-likeness (QED) is 0.111. The first kappa shape index (κ1) is 52.9. The van der Waals surface area contributed by atoms with E-state index in [2.05, 4.69) is 54.1 Å². The standard InChI is InChI=1S/C27H25N5O5.C20H17BrN4O3.C7H9NO2/c1-30-11-10-27(36,26(30)35)9-8-18-4-3-5-21(14-18)32-23-7-6-19(20-16-28-31(17-20)12-13-33)15-22(23)24(29-32)25(34)37-2;1-28-20(27)19-17-9-13(14-11-22-24(12-14)7-8-26)5-6-18(17)25(23-19)16-4-2-3-15(21)10-16;1-3-7(10)4-5-8(2)6(7)9/h3-7,14-17,33,36H,10-13H2,1-2H3;2-6,9-12,26H,7-8H2,1H3;1,10H,4-5H2,2H3/t27-;;7-/m0.0/s1. The largest absolute Gasteiger partial charge is 0.464 e. The van der Waals surface area contributed by atoms with Crippen LogP contribution in [0.4, 0.5) is 0 Å². The lowest BCUT2D eigenvalue weighted by Crippen LogP contribution is -2.37. The normalized spacial score (nSPS) is 17.0. The highest BCUT2D eigenvalue weighted by Crippen LogP contribution is 2.31. The predicted molar refractivity (Wildman–Crippen MR) is 279 cm³/mol. The maximum atomic E-state index is 12.6. The van der Waals surface area contributed by atoms with Crippen LogP contribution < -0.4 is 0 Å². The highest BCUT2D eigenvalue weighted by atomic mass is 79.9. The number of amides is 2. The van der Waals surface area contributed by atoms with Crippen molar-refractivity contribution in [2.75, 3.05) is 54.6 Å². The van der Waals surface area contributed by atoms with Crippen molar-refractivity contribution in [1.29, 1.82) is 0 Å². The number of aliphatic hydroxyl groups excluding tert-OH is 2. The first-order valence-electron chi connectivity index (χ1n) is 23.4. The van der Waals surface area contributed by atoms with Gasteiger partial charge in [0.15, 0.2) is 11.4 Å². The molecular formula is C54H51BrN10O10. The molecule has 0 saturated carbocycles. The second kappa shape index (κ2) is 22.4. The molecule has 2 aliphatic heterocycles. The molecule has 2 aliphatic rings. The molecule has 2 saturated heterocycles. The number of terminal acetylenes is 1. The van der Waals surface area contributed by atoms with E-state index in [4.69, 9.17) is 26.1 Å². The van der Waals surface area contributed by atoms with E-state index >= 15 is 0 Å². The van der Waals surface area contributed by atoms with Crippen molar-refractivity contribution >= 4 is 61.5 Å². The Morgan fingerprint density at radius 3 is 1.59 bits per heavy atom. The minimum atomic E-state index is -1.69. The topological polar surface area (TPSA) is 245 Å². The van der Waals surface area contributed by atoms with Crippen LogP contribution in [0.2, 0.25) is 0 Å². The highest BCUT2D eigenvalue weighted by molar-refractivity contribution is 9.10. The number of fused-ring (bicyclic) bond motifs is 2. The summed E-state index contributed by atoms with van der Waals surface area (Å²) in [6.07, 6.45) is 12.7. The number of rotatable bonds is 10. The Bertz CT molecular complexity index is 3580. The van der Waals surface area contributed by atoms with Gasteiger partial charge in [0.25, 0.3) is 11.8 Å². The third-order valence-corrected chi connectivity index (χ3v) is 13.0. The number of halogens is 1. The zero-order valence-electron chi connectivity index (χ0n) is 41.2. The van der Waals surface area contributed by atoms with E-state index in [1.807, 2.05) is 79.1 Å². The third-order valence-electron chi connectivity index (χ3n) is 12.5. The molecule has 2 amide bonds. The summed E-state index contributed by atoms with van der Waals surface area (Å²) in [5, 5.41) is 57.0. The number of aromatic nitrogens is 8. The Morgan fingerprint density at radius 1 is 0.680 bits per heavy atom. The lowest BCUT2D eigenvalue weighted by molar-refractivity contribution is -0.138. The summed E-state index contributed by atoms with van der Waals surface area (Å²) >= 11 is 3.47. The van der Waals surface area contributed by atoms with Crippen LogP contribution in [-0.4, -0.2) is 159 Å². The van der Waals surface area contributed by atoms with E-state index in [1.54, 1.807) is 63.4 Å². The van der Waals surface area contributed by atoms with Crippen molar-refractivity contribution in [1.82, 2.24) is 48.9 Å². The summed E-state index contributed by atoms with van der Waals surface area (Å²) in [4.78, 5) is 51.0. The van der Waals surface area contributed by atoms with Crippen molar-refractivity contribution in [3.8, 4) is 57.8 Å². The van der Waals surface area contributed by atoms with E-state index in [0.29, 0.717) is 60.1 Å². The fourth-order valence-corrected chi connectivity index (χ4v) is 8.80. The molecule has 0 spiro atoms. The molecule has 0 bridgehead atoms. The molecule has 4 N–H and O–H groups in total. The van der Waals surface area contributed by atoms with Crippen LogP contribution in [-0.2, 0) is 32.2 Å². The summed E-state index contributed by atoms with van der Waals surface area (Å²) in [7, 11) is 5.91. The number of likely N-dealkylation sites (N-methyl/N-ethyl adjacent to an activating group) is 2. The number of esters is 2. The average molecular weight is 1080 g/mol. The first-order chi connectivity index (χ1) is 36.0. The second-order valence-corrected chi connectivity index (χ2v) is 18.4. The van der Waals surface area contributed by atoms with Crippen molar-refractivity contribution < 1.29 is 49.1 Å². The van der Waals surface area contributed by atoms with Gasteiger partial charge in [-0.15, -0.1) is 6.42 Å². The van der Waals surface area contributed by atoms with Gasteiger partial charge in [0.1, 0.15) is 0 Å². The van der Waals surface area contributed by atoms with E-state index in [1.165, 1.54) is 24.0 Å². The molecule has 21 heteroatoms. The summed E-state index contributed by atoms with van der Waals surface area (Å²) in [5.74, 6) is 5.89. The number of likely N-dealkylation sites (tertiary alicyclic amines) is 2. The van der Waals surface area contributed by atoms with Gasteiger partial charge < -0.3 is 39.7 Å². The van der Waals surface area contributed by atoms with Crippen LogP contribution in [0.1, 0.15) is 39.4 Å². The summed E-state index contributed by atoms with van der Waals surface area (Å²) in [5.41, 5.74) is 4.21. The smallest absolute Gasteiger partial charge is 0.359 e. The minimum Gasteiger partial charge on any atom is -0.464 e. The fraction of sp³-hybridized carbons (Fsp3) is 0.259. The predicted octanol–water partition coefficient (Wildman–Crippen LogP) is 4.26. The fourth-order valence-electron chi connectivity index (χ4n) is 8.41. The van der Waals surface area contributed by atoms with Crippen LogP contribution >= 0.6 is 15.9 Å². The van der Waals surface area contributed by atoms with Gasteiger partial charge >= 0.3 is 11.9 Å². The number of ether oxygens (including phenoxy) is 2. The number of hydrogen-bond donors (Lipinski definition) is 4. The van der Waals surface area contributed by atoms with Gasteiger partial charge in [0.05, 0.1) is 75.3 Å². The number of carbonyl (C=O) groups excluding carboxylic acids is 4. The SMILES string of the molecule is C#C[C@]1(O)CCN(C)C1=O.COC(=O)c1nn(-c2cccc(Br)c2)c2ccc(-c3cnn(CCO)c3)cc12.COC(=O)c1nn(-c2cccc(C#C[C@]3(O)CCN(C)C3=O)c2)c2ccc(-c3cnn(CCO)c3)cc12. The van der Waals surface area contributed by atoms with E-state index in [9.17, 15) is 29.4 Å². The van der Waals surface area contributed by atoms with E-state index < -0.39 is 29.0 Å². The number of aliphatic hydroxyl groups is 4. The van der Waals surface area contributed by atoms with E-state index in [0.717, 1.165) is 37.9 Å². The summed E-state index contributed by atoms with van der Waals surface area (Å²) < 4.78 is 17.5. The Balaban J connectivity index is 0.000000172. The van der Waals surface area contributed by atoms with Crippen molar-refractivity contribution in [3.05, 3.63) is 131 Å². The lowest BCUT2D eigenvalue weighted by atomic mass is 10.0. The molecule has 20 nitrogen and oxygen atoms in total. The van der Waals surface area contributed by atoms with Gasteiger partial charge in [-0.05, 0) is 71.8 Å². The van der Waals surface area contributed by atoms with Crippen molar-refractivity contribution in [3.63, 3.8) is 0 Å². The molecule has 4 aromatic carbocycles. The maximum absolute atomic E-state index is 12.6. The van der Waals surface area contributed by atoms with Crippen LogP contribution in [0.15, 0.2) is 114 Å². The minimum absolute atomic E-state index is 0.0184. The van der Waals surface area contributed by atoms with Gasteiger partial charge in [-0.25, -0.2) is 19.0 Å². The number of carbonyl (C=O) groups is 4. The Morgan fingerprint density at radius 2 is 1.16 bits per heavy atom. The summed E-state index contributed by atoms with van der Waals surface area (Å²) in [6.45, 7) is 1.80. The first-order valence-corrected chi connectivity index (χ1v) is 24.2. The molecule has 8 aromatic rings. The zero-order chi connectivity index (χ0) is 53.6. The van der Waals surface area contributed by atoms with Crippen LogP contribution in [0, 0.1) is 24.2 Å². The lowest BCUT2D eigenvalue weighted by Gasteiger charge is -2.13. The zero-order valence-corrected chi connectivity index (χ0v) is 42.8. The third kappa shape index (κ3) is 11.1. The average Bonchev–Trinajstić information content (AvgIpc) is 4.31. The Hall–Kier alpha value is -8.44. The second-order valence-electron chi connectivity index (χ2n) is 17.5. The van der Waals surface area contributed by atoms with Gasteiger partial charge in [-0.3, -0.25) is 19.0 Å². The molecule has 75 heavy (non-hydrogen) atoms. The van der Waals surface area contributed by atoms with Crippen molar-refractivity contribution in [2.45, 2.75) is 37.1 Å². The molecule has 4 aromatic heterocycles. The monoisotopic (exact) mass is 1080 g/mol. The molecule has 10 rings (SSSR count). The number of methoxy groups -OCH3 is 2. The maximum Gasteiger partial charge on any atom is 0.359 e. The Labute approximate surface area is 438 Å². The molecule has 2 atom stereocenters. The van der Waals surface area contributed by atoms with Gasteiger partial charge in [0, 0.05) is 84.4 Å². The molecule has 6 heterocycles. The molecule has 0 unspecified atom stereocenters. The van der Waals surface area contributed by atoms with E-state index in [-0.39, 0.29) is 36.9 Å². The molecule has 384 valence electrons. The highest BCUT2D eigenvalue weighted by Gasteiger charge is 2.43.